The van der Waals surface area contributed by atoms with E-state index in [2.05, 4.69) is 38.5 Å². The SMILES string of the molecule is O=c1oc2cc(I)ccc2n1Cc1ccccc1Br. The fourth-order valence-corrected chi connectivity index (χ4v) is 2.86. The Morgan fingerprint density at radius 3 is 2.79 bits per heavy atom. The molecular formula is C14H9BrINO2. The van der Waals surface area contributed by atoms with Crippen molar-refractivity contribution in [2.45, 2.75) is 6.54 Å². The molecule has 0 saturated carbocycles. The van der Waals surface area contributed by atoms with Gasteiger partial charge < -0.3 is 4.42 Å². The maximum Gasteiger partial charge on any atom is 0.420 e. The first-order valence-corrected chi connectivity index (χ1v) is 7.54. The number of benzene rings is 2. The summed E-state index contributed by atoms with van der Waals surface area (Å²) in [6, 6.07) is 13.6. The smallest absolute Gasteiger partial charge is 0.408 e. The zero-order valence-corrected chi connectivity index (χ0v) is 13.5. The van der Waals surface area contributed by atoms with E-state index in [1.807, 2.05) is 42.5 Å². The molecule has 0 saturated heterocycles. The van der Waals surface area contributed by atoms with Crippen molar-refractivity contribution >= 4 is 49.6 Å². The molecule has 0 aliphatic carbocycles. The Morgan fingerprint density at radius 1 is 1.21 bits per heavy atom. The van der Waals surface area contributed by atoms with Crippen molar-refractivity contribution < 1.29 is 4.42 Å². The van der Waals surface area contributed by atoms with Crippen molar-refractivity contribution in [3.05, 3.63) is 66.6 Å². The van der Waals surface area contributed by atoms with Gasteiger partial charge in [-0.15, -0.1) is 0 Å². The van der Waals surface area contributed by atoms with E-state index >= 15 is 0 Å². The van der Waals surface area contributed by atoms with E-state index in [1.54, 1.807) is 4.57 Å². The maximum atomic E-state index is 11.9. The second-order valence-electron chi connectivity index (χ2n) is 4.16. The summed E-state index contributed by atoms with van der Waals surface area (Å²) in [6.07, 6.45) is 0. The molecule has 0 N–H and O–H groups in total. The first kappa shape index (κ1) is 12.9. The van der Waals surface area contributed by atoms with E-state index in [0.29, 0.717) is 12.1 Å². The minimum absolute atomic E-state index is 0.326. The van der Waals surface area contributed by atoms with Crippen molar-refractivity contribution in [1.29, 1.82) is 0 Å². The van der Waals surface area contributed by atoms with Crippen LogP contribution in [0.1, 0.15) is 5.56 Å². The number of rotatable bonds is 2. The number of halogens is 2. The molecule has 0 aliphatic rings. The number of nitrogens with zero attached hydrogens (tertiary/aromatic N) is 1. The summed E-state index contributed by atoms with van der Waals surface area (Å²) in [5, 5.41) is 0. The third-order valence-corrected chi connectivity index (χ3v) is 4.36. The topological polar surface area (TPSA) is 35.1 Å². The molecule has 19 heavy (non-hydrogen) atoms. The summed E-state index contributed by atoms with van der Waals surface area (Å²) in [5.41, 5.74) is 2.50. The van der Waals surface area contributed by atoms with Gasteiger partial charge in [0, 0.05) is 8.04 Å². The van der Waals surface area contributed by atoms with Gasteiger partial charge in [0.1, 0.15) is 0 Å². The number of hydrogen-bond donors (Lipinski definition) is 0. The monoisotopic (exact) mass is 429 g/mol. The van der Waals surface area contributed by atoms with Crippen molar-refractivity contribution in [3.63, 3.8) is 0 Å². The van der Waals surface area contributed by atoms with Crippen molar-refractivity contribution in [2.75, 3.05) is 0 Å². The minimum Gasteiger partial charge on any atom is -0.408 e. The molecule has 3 rings (SSSR count). The molecule has 5 heteroatoms. The van der Waals surface area contributed by atoms with Gasteiger partial charge in [-0.3, -0.25) is 4.57 Å². The normalized spacial score (nSPS) is 11.1. The number of fused-ring (bicyclic) bond motifs is 1. The van der Waals surface area contributed by atoms with Crippen LogP contribution in [-0.2, 0) is 6.54 Å². The Labute approximate surface area is 131 Å². The third kappa shape index (κ3) is 2.49. The molecule has 0 spiro atoms. The summed E-state index contributed by atoms with van der Waals surface area (Å²) in [5.74, 6) is -0.326. The lowest BCUT2D eigenvalue weighted by atomic mass is 10.2. The maximum absolute atomic E-state index is 11.9. The summed E-state index contributed by atoms with van der Waals surface area (Å²) in [7, 11) is 0. The summed E-state index contributed by atoms with van der Waals surface area (Å²) < 4.78 is 8.96. The van der Waals surface area contributed by atoms with Crippen LogP contribution < -0.4 is 5.76 Å². The van der Waals surface area contributed by atoms with Gasteiger partial charge in [-0.25, -0.2) is 4.79 Å². The number of aromatic nitrogens is 1. The Balaban J connectivity index is 2.13. The fraction of sp³-hybridized carbons (Fsp3) is 0.0714. The van der Waals surface area contributed by atoms with Crippen LogP contribution in [0, 0.1) is 3.57 Å². The predicted octanol–water partition coefficient (Wildman–Crippen LogP) is 4.01. The van der Waals surface area contributed by atoms with Gasteiger partial charge >= 0.3 is 5.76 Å². The van der Waals surface area contributed by atoms with Gasteiger partial charge in [0.25, 0.3) is 0 Å². The molecule has 0 unspecified atom stereocenters. The van der Waals surface area contributed by atoms with E-state index in [0.717, 1.165) is 19.1 Å². The van der Waals surface area contributed by atoms with E-state index in [9.17, 15) is 4.79 Å². The highest BCUT2D eigenvalue weighted by Crippen LogP contribution is 2.20. The quantitative estimate of drug-likeness (QED) is 0.577. The molecule has 3 nitrogen and oxygen atoms in total. The van der Waals surface area contributed by atoms with Gasteiger partial charge in [-0.2, -0.15) is 0 Å². The van der Waals surface area contributed by atoms with Crippen molar-refractivity contribution in [3.8, 4) is 0 Å². The lowest BCUT2D eigenvalue weighted by molar-refractivity contribution is 0.517. The van der Waals surface area contributed by atoms with Gasteiger partial charge in [-0.1, -0.05) is 34.1 Å². The second kappa shape index (κ2) is 5.13. The largest absolute Gasteiger partial charge is 0.420 e. The average Bonchev–Trinajstić information content (AvgIpc) is 2.68. The molecule has 0 bridgehead atoms. The molecule has 0 aliphatic heterocycles. The first-order valence-electron chi connectivity index (χ1n) is 5.67. The van der Waals surface area contributed by atoms with E-state index < -0.39 is 0 Å². The summed E-state index contributed by atoms with van der Waals surface area (Å²) in [6.45, 7) is 0.494. The van der Waals surface area contributed by atoms with Crippen LogP contribution >= 0.6 is 38.5 Å². The van der Waals surface area contributed by atoms with Gasteiger partial charge in [0.15, 0.2) is 5.58 Å². The predicted molar refractivity (Wildman–Crippen MR) is 86.4 cm³/mol. The molecule has 1 heterocycles. The Bertz CT molecular complexity index is 807. The minimum atomic E-state index is -0.326. The van der Waals surface area contributed by atoms with Crippen molar-refractivity contribution in [1.82, 2.24) is 4.57 Å². The molecule has 0 fully saturated rings. The highest BCUT2D eigenvalue weighted by atomic mass is 127. The molecule has 0 atom stereocenters. The van der Waals surface area contributed by atoms with Crippen LogP contribution in [0.15, 0.2) is 56.1 Å². The molecule has 3 aromatic rings. The van der Waals surface area contributed by atoms with Gasteiger partial charge in [-0.05, 0) is 52.4 Å². The van der Waals surface area contributed by atoms with Gasteiger partial charge in [0.2, 0.25) is 0 Å². The highest BCUT2D eigenvalue weighted by Gasteiger charge is 2.10. The van der Waals surface area contributed by atoms with Crippen LogP contribution in [0.3, 0.4) is 0 Å². The number of hydrogen-bond acceptors (Lipinski definition) is 2. The molecular weight excluding hydrogens is 421 g/mol. The second-order valence-corrected chi connectivity index (χ2v) is 6.26. The van der Waals surface area contributed by atoms with Crippen LogP contribution in [-0.4, -0.2) is 4.57 Å². The van der Waals surface area contributed by atoms with E-state index in [-0.39, 0.29) is 5.76 Å². The Morgan fingerprint density at radius 2 is 2.00 bits per heavy atom. The van der Waals surface area contributed by atoms with Crippen LogP contribution in [0.2, 0.25) is 0 Å². The lowest BCUT2D eigenvalue weighted by Crippen LogP contribution is -2.15. The molecule has 96 valence electrons. The van der Waals surface area contributed by atoms with Crippen molar-refractivity contribution in [2.24, 2.45) is 0 Å². The van der Waals surface area contributed by atoms with Crippen LogP contribution in [0.4, 0.5) is 0 Å². The first-order chi connectivity index (χ1) is 9.15. The molecule has 2 aromatic carbocycles. The lowest BCUT2D eigenvalue weighted by Gasteiger charge is -2.04. The molecule has 0 amide bonds. The van der Waals surface area contributed by atoms with E-state index in [4.69, 9.17) is 4.42 Å². The highest BCUT2D eigenvalue weighted by molar-refractivity contribution is 14.1. The van der Waals surface area contributed by atoms with Crippen LogP contribution in [0.25, 0.3) is 11.1 Å². The average molecular weight is 430 g/mol. The third-order valence-electron chi connectivity index (χ3n) is 2.92. The standard InChI is InChI=1S/C14H9BrINO2/c15-11-4-2-1-3-9(11)8-17-12-6-5-10(16)7-13(12)19-14(17)18/h1-7H,8H2. The summed E-state index contributed by atoms with van der Waals surface area (Å²) >= 11 is 5.69. The zero-order valence-electron chi connectivity index (χ0n) is 9.77. The van der Waals surface area contributed by atoms with Gasteiger partial charge in [0.05, 0.1) is 12.1 Å². The zero-order chi connectivity index (χ0) is 13.4. The van der Waals surface area contributed by atoms with E-state index in [1.165, 1.54) is 0 Å². The molecule has 0 radical (unpaired) electrons. The number of oxazole rings is 1. The Hall–Kier alpha value is -1.08. The fourth-order valence-electron chi connectivity index (χ4n) is 1.99. The molecule has 1 aromatic heterocycles. The summed E-state index contributed by atoms with van der Waals surface area (Å²) in [4.78, 5) is 11.9. The Kier molecular flexibility index (Phi) is 3.49. The van der Waals surface area contributed by atoms with Crippen LogP contribution in [0.5, 0.6) is 0 Å².